The maximum atomic E-state index is 12.1. The van der Waals surface area contributed by atoms with Crippen LogP contribution in [0.25, 0.3) is 27.7 Å². The van der Waals surface area contributed by atoms with Gasteiger partial charge >= 0.3 is 0 Å². The van der Waals surface area contributed by atoms with E-state index in [9.17, 15) is 14.7 Å². The Labute approximate surface area is 202 Å². The molecule has 1 amide bonds. The van der Waals surface area contributed by atoms with Crippen LogP contribution in [0.15, 0.2) is 61.2 Å². The molecule has 0 atom stereocenters. The average Bonchev–Trinajstić information content (AvgIpc) is 3.35. The van der Waals surface area contributed by atoms with Crippen LogP contribution in [0.1, 0.15) is 53.5 Å². The minimum Gasteiger partial charge on any atom is -0.393 e. The summed E-state index contributed by atoms with van der Waals surface area (Å²) in [6.07, 6.45) is 7.97. The number of aliphatic hydroxyl groups excluding tert-OH is 1. The molecular weight excluding hydrogens is 442 g/mol. The molecule has 1 saturated carbocycles. The standard InChI is InChI=1S/C27H27N5O3/c1-16(33)24-14-32(15-30-24)25-4-2-3-21-20(25)11-12-29-26(21)17-5-10-22(27(28)35)23(13-17)31-18-6-8-19(34)9-7-18/h2-5,10-15,18-19,31,34H,6-9H2,1H3,(H2,28,35). The number of benzene rings is 2. The molecule has 0 bridgehead atoms. The molecule has 1 fully saturated rings. The Kier molecular flexibility index (Phi) is 6.05. The number of Topliss-reactive ketones (excluding diaryl/α,β-unsaturated/α-hetero) is 1. The van der Waals surface area contributed by atoms with E-state index < -0.39 is 5.91 Å². The zero-order chi connectivity index (χ0) is 24.5. The van der Waals surface area contributed by atoms with Crippen molar-refractivity contribution in [1.29, 1.82) is 0 Å². The molecule has 4 N–H and O–H groups in total. The molecule has 5 rings (SSSR count). The molecule has 0 spiro atoms. The lowest BCUT2D eigenvalue weighted by Crippen LogP contribution is -2.29. The molecular formula is C27H27N5O3. The second kappa shape index (κ2) is 9.31. The molecule has 1 aliphatic carbocycles. The molecule has 0 aliphatic heterocycles. The lowest BCUT2D eigenvalue weighted by atomic mass is 9.92. The van der Waals surface area contributed by atoms with Crippen molar-refractivity contribution in [2.24, 2.45) is 5.73 Å². The van der Waals surface area contributed by atoms with Crippen LogP contribution in [0.3, 0.4) is 0 Å². The molecule has 178 valence electrons. The Balaban J connectivity index is 1.57. The average molecular weight is 470 g/mol. The van der Waals surface area contributed by atoms with Gasteiger partial charge in [-0.1, -0.05) is 18.2 Å². The largest absolute Gasteiger partial charge is 0.393 e. The highest BCUT2D eigenvalue weighted by Gasteiger charge is 2.21. The summed E-state index contributed by atoms with van der Waals surface area (Å²) in [5, 5.41) is 15.2. The fraction of sp³-hybridized carbons (Fsp3) is 0.259. The van der Waals surface area contributed by atoms with E-state index >= 15 is 0 Å². The van der Waals surface area contributed by atoms with Crippen LogP contribution in [0.5, 0.6) is 0 Å². The van der Waals surface area contributed by atoms with E-state index in [0.717, 1.165) is 53.4 Å². The van der Waals surface area contributed by atoms with E-state index in [4.69, 9.17) is 5.73 Å². The van der Waals surface area contributed by atoms with Crippen molar-refractivity contribution >= 4 is 28.2 Å². The number of carbonyl (C=O) groups is 2. The summed E-state index contributed by atoms with van der Waals surface area (Å²) in [5.41, 5.74) is 9.68. The van der Waals surface area contributed by atoms with E-state index in [-0.39, 0.29) is 17.9 Å². The highest BCUT2D eigenvalue weighted by atomic mass is 16.3. The van der Waals surface area contributed by atoms with Gasteiger partial charge in [0.05, 0.1) is 23.0 Å². The lowest BCUT2D eigenvalue weighted by molar-refractivity contribution is 0.0995. The van der Waals surface area contributed by atoms with E-state index in [1.165, 1.54) is 6.92 Å². The SMILES string of the molecule is CC(=O)c1cn(-c2cccc3c(-c4ccc(C(N)=O)c(NC5CCC(O)CC5)c4)nccc23)cn1. The first-order valence-corrected chi connectivity index (χ1v) is 11.7. The number of nitrogens with zero attached hydrogens (tertiary/aromatic N) is 3. The first kappa shape index (κ1) is 22.7. The highest BCUT2D eigenvalue weighted by Crippen LogP contribution is 2.33. The molecule has 4 aromatic rings. The van der Waals surface area contributed by atoms with Crippen molar-refractivity contribution in [3.8, 4) is 16.9 Å². The summed E-state index contributed by atoms with van der Waals surface area (Å²) in [6, 6.07) is 13.5. The Morgan fingerprint density at radius 3 is 2.57 bits per heavy atom. The quantitative estimate of drug-likeness (QED) is 0.365. The highest BCUT2D eigenvalue weighted by molar-refractivity contribution is 6.02. The van der Waals surface area contributed by atoms with Gasteiger partial charge in [-0.05, 0) is 49.9 Å². The Morgan fingerprint density at radius 1 is 1.06 bits per heavy atom. The maximum Gasteiger partial charge on any atom is 0.250 e. The van der Waals surface area contributed by atoms with Crippen molar-refractivity contribution in [2.45, 2.75) is 44.8 Å². The van der Waals surface area contributed by atoms with Crippen LogP contribution in [0.4, 0.5) is 5.69 Å². The number of pyridine rings is 1. The van der Waals surface area contributed by atoms with Gasteiger partial charge in [0.2, 0.25) is 0 Å². The Bertz CT molecular complexity index is 1420. The molecule has 2 aromatic carbocycles. The van der Waals surface area contributed by atoms with Crippen LogP contribution in [0, 0.1) is 0 Å². The van der Waals surface area contributed by atoms with Crippen LogP contribution >= 0.6 is 0 Å². The molecule has 8 heteroatoms. The Hall–Kier alpha value is -4.04. The topological polar surface area (TPSA) is 123 Å². The predicted molar refractivity (Wildman–Crippen MR) is 135 cm³/mol. The number of hydrogen-bond donors (Lipinski definition) is 3. The van der Waals surface area contributed by atoms with Gasteiger partial charge in [0, 0.05) is 47.4 Å². The third-order valence-corrected chi connectivity index (χ3v) is 6.62. The minimum atomic E-state index is -0.496. The number of fused-ring (bicyclic) bond motifs is 1. The first-order chi connectivity index (χ1) is 16.9. The minimum absolute atomic E-state index is 0.0895. The van der Waals surface area contributed by atoms with Crippen molar-refractivity contribution < 1.29 is 14.7 Å². The fourth-order valence-electron chi connectivity index (χ4n) is 4.75. The summed E-state index contributed by atoms with van der Waals surface area (Å²) >= 11 is 0. The van der Waals surface area contributed by atoms with Crippen molar-refractivity contribution in [3.63, 3.8) is 0 Å². The van der Waals surface area contributed by atoms with E-state index in [1.54, 1.807) is 24.8 Å². The predicted octanol–water partition coefficient (Wildman–Crippen LogP) is 4.10. The second-order valence-electron chi connectivity index (χ2n) is 9.03. The number of primary amides is 1. The van der Waals surface area contributed by atoms with E-state index in [1.807, 2.05) is 41.0 Å². The van der Waals surface area contributed by atoms with Gasteiger partial charge in [-0.2, -0.15) is 0 Å². The number of carbonyl (C=O) groups excluding carboxylic acids is 2. The van der Waals surface area contributed by atoms with Crippen molar-refractivity contribution in [2.75, 3.05) is 5.32 Å². The monoisotopic (exact) mass is 469 g/mol. The number of anilines is 1. The number of ketones is 1. The van der Waals surface area contributed by atoms with Crippen LogP contribution in [0.2, 0.25) is 0 Å². The summed E-state index contributed by atoms with van der Waals surface area (Å²) < 4.78 is 1.84. The fourth-order valence-corrected chi connectivity index (χ4v) is 4.75. The molecule has 2 heterocycles. The normalized spacial score (nSPS) is 17.9. The zero-order valence-corrected chi connectivity index (χ0v) is 19.4. The molecule has 2 aromatic heterocycles. The van der Waals surface area contributed by atoms with Crippen molar-refractivity contribution in [1.82, 2.24) is 14.5 Å². The van der Waals surface area contributed by atoms with Gasteiger partial charge < -0.3 is 20.7 Å². The summed E-state index contributed by atoms with van der Waals surface area (Å²) in [5.74, 6) is -0.585. The van der Waals surface area contributed by atoms with Crippen molar-refractivity contribution in [3.05, 3.63) is 72.4 Å². The summed E-state index contributed by atoms with van der Waals surface area (Å²) in [7, 11) is 0. The number of nitrogens with two attached hydrogens (primary N) is 1. The number of imidazole rings is 1. The maximum absolute atomic E-state index is 12.1. The van der Waals surface area contributed by atoms with Crippen LogP contribution in [-0.2, 0) is 0 Å². The van der Waals surface area contributed by atoms with Gasteiger partial charge in [-0.3, -0.25) is 14.6 Å². The second-order valence-corrected chi connectivity index (χ2v) is 9.03. The number of aliphatic hydroxyl groups is 1. The molecule has 1 aliphatic rings. The molecule has 35 heavy (non-hydrogen) atoms. The number of nitrogens with one attached hydrogen (secondary N) is 1. The van der Waals surface area contributed by atoms with Gasteiger partial charge in [0.25, 0.3) is 5.91 Å². The lowest BCUT2D eigenvalue weighted by Gasteiger charge is -2.28. The van der Waals surface area contributed by atoms with Gasteiger partial charge in [-0.15, -0.1) is 0 Å². The van der Waals surface area contributed by atoms with E-state index in [0.29, 0.717) is 16.9 Å². The third kappa shape index (κ3) is 4.52. The van der Waals surface area contributed by atoms with Gasteiger partial charge in [0.15, 0.2) is 5.78 Å². The van der Waals surface area contributed by atoms with Crippen LogP contribution in [-0.4, -0.2) is 43.5 Å². The number of amides is 1. The van der Waals surface area contributed by atoms with Gasteiger partial charge in [-0.25, -0.2) is 4.98 Å². The Morgan fingerprint density at radius 2 is 1.86 bits per heavy atom. The molecule has 0 unspecified atom stereocenters. The zero-order valence-electron chi connectivity index (χ0n) is 19.4. The number of rotatable bonds is 6. The third-order valence-electron chi connectivity index (χ3n) is 6.62. The summed E-state index contributed by atoms with van der Waals surface area (Å²) in [4.78, 5) is 32.7. The first-order valence-electron chi connectivity index (χ1n) is 11.7. The number of hydrogen-bond acceptors (Lipinski definition) is 6. The molecule has 8 nitrogen and oxygen atoms in total. The van der Waals surface area contributed by atoms with Crippen LogP contribution < -0.4 is 11.1 Å². The van der Waals surface area contributed by atoms with E-state index in [2.05, 4.69) is 15.3 Å². The molecule has 0 radical (unpaired) electrons. The molecule has 0 saturated heterocycles. The number of aromatic nitrogens is 3. The summed E-state index contributed by atoms with van der Waals surface area (Å²) in [6.45, 7) is 1.49. The van der Waals surface area contributed by atoms with Gasteiger partial charge in [0.1, 0.15) is 12.0 Å². The smallest absolute Gasteiger partial charge is 0.250 e.